The summed E-state index contributed by atoms with van der Waals surface area (Å²) in [5.41, 5.74) is 1.32. The van der Waals surface area contributed by atoms with E-state index in [0.717, 1.165) is 18.5 Å². The number of rotatable bonds is 9. The molecule has 0 saturated carbocycles. The number of sulfone groups is 1. The number of hydrogen-bond donors (Lipinski definition) is 0. The van der Waals surface area contributed by atoms with E-state index in [1.54, 1.807) is 27.7 Å². The summed E-state index contributed by atoms with van der Waals surface area (Å²) >= 11 is 1.39. The number of hydrogen-bond acceptors (Lipinski definition) is 9. The molecule has 12 heteroatoms. The molecule has 1 atom stereocenters. The van der Waals surface area contributed by atoms with E-state index in [2.05, 4.69) is 15.2 Å². The van der Waals surface area contributed by atoms with E-state index in [1.165, 1.54) is 25.6 Å². The van der Waals surface area contributed by atoms with Gasteiger partial charge in [0.2, 0.25) is 5.91 Å². The Kier molecular flexibility index (Phi) is 7.41. The van der Waals surface area contributed by atoms with E-state index < -0.39 is 9.84 Å². The van der Waals surface area contributed by atoms with Gasteiger partial charge in [0.25, 0.3) is 0 Å². The maximum atomic E-state index is 13.2. The standard InChI is InChI=1S/C23H29N5O5S2/c1-15-13-34-23(24-15)22-26-25-19(28(22)21-17(32-3)8-6-9-18(21)33-4)14-35(30,31)12-11-27-16(2)7-5-10-20(27)29/h6,8-9,13,16H,5,7,10-12,14H2,1-4H3/t16-/m0/s1. The van der Waals surface area contributed by atoms with Crippen molar-refractivity contribution in [3.05, 3.63) is 35.1 Å². The maximum Gasteiger partial charge on any atom is 0.222 e. The monoisotopic (exact) mass is 519 g/mol. The van der Waals surface area contributed by atoms with Crippen molar-refractivity contribution >= 4 is 27.1 Å². The smallest absolute Gasteiger partial charge is 0.222 e. The topological polar surface area (TPSA) is 117 Å². The molecule has 1 aliphatic heterocycles. The Morgan fingerprint density at radius 2 is 1.89 bits per heavy atom. The first-order chi connectivity index (χ1) is 16.7. The molecule has 3 aromatic rings. The van der Waals surface area contributed by atoms with Crippen LogP contribution < -0.4 is 9.47 Å². The van der Waals surface area contributed by atoms with E-state index >= 15 is 0 Å². The number of likely N-dealkylation sites (tertiary alicyclic amines) is 1. The third kappa shape index (κ3) is 5.32. The fourth-order valence-corrected chi connectivity index (χ4v) is 6.21. The van der Waals surface area contributed by atoms with Gasteiger partial charge in [-0.05, 0) is 38.8 Å². The normalized spacial score (nSPS) is 16.5. The van der Waals surface area contributed by atoms with Crippen LogP contribution in [0.25, 0.3) is 16.5 Å². The van der Waals surface area contributed by atoms with Gasteiger partial charge in [-0.25, -0.2) is 13.4 Å². The summed E-state index contributed by atoms with van der Waals surface area (Å²) in [4.78, 5) is 18.5. The average Bonchev–Trinajstić information content (AvgIpc) is 3.43. The molecule has 1 aromatic carbocycles. The van der Waals surface area contributed by atoms with Gasteiger partial charge in [0, 0.05) is 30.1 Å². The predicted octanol–water partition coefficient (Wildman–Crippen LogP) is 3.03. The van der Waals surface area contributed by atoms with Crippen molar-refractivity contribution < 1.29 is 22.7 Å². The summed E-state index contributed by atoms with van der Waals surface area (Å²) in [6.07, 6.45) is 2.18. The summed E-state index contributed by atoms with van der Waals surface area (Å²) in [5, 5.41) is 11.0. The highest BCUT2D eigenvalue weighted by molar-refractivity contribution is 7.90. The third-order valence-electron chi connectivity index (χ3n) is 6.02. The van der Waals surface area contributed by atoms with E-state index in [0.29, 0.717) is 34.4 Å². The van der Waals surface area contributed by atoms with Gasteiger partial charge in [0.1, 0.15) is 22.9 Å². The van der Waals surface area contributed by atoms with Crippen LogP contribution in [-0.2, 0) is 20.4 Å². The van der Waals surface area contributed by atoms with Gasteiger partial charge in [-0.1, -0.05) is 6.07 Å². The average molecular weight is 520 g/mol. The largest absolute Gasteiger partial charge is 0.494 e. The number of amides is 1. The Hall–Kier alpha value is -2.99. The number of aryl methyl sites for hydroxylation is 1. The van der Waals surface area contributed by atoms with E-state index in [-0.39, 0.29) is 35.8 Å². The quantitative estimate of drug-likeness (QED) is 0.424. The molecule has 10 nitrogen and oxygen atoms in total. The molecule has 0 N–H and O–H groups in total. The minimum Gasteiger partial charge on any atom is -0.494 e. The molecular formula is C23H29N5O5S2. The molecule has 2 aromatic heterocycles. The molecule has 3 heterocycles. The molecule has 1 aliphatic rings. The number of nitrogens with zero attached hydrogens (tertiary/aromatic N) is 5. The van der Waals surface area contributed by atoms with Gasteiger partial charge in [0.15, 0.2) is 26.5 Å². The van der Waals surface area contributed by atoms with Crippen LogP contribution in [0.5, 0.6) is 11.5 Å². The van der Waals surface area contributed by atoms with Crippen LogP contribution in [0.2, 0.25) is 0 Å². The zero-order chi connectivity index (χ0) is 25.2. The lowest BCUT2D eigenvalue weighted by molar-refractivity contribution is -0.135. The number of carbonyl (C=O) groups excluding carboxylic acids is 1. The van der Waals surface area contributed by atoms with E-state index in [1.807, 2.05) is 19.2 Å². The molecule has 35 heavy (non-hydrogen) atoms. The van der Waals surface area contributed by atoms with Gasteiger partial charge < -0.3 is 14.4 Å². The van der Waals surface area contributed by atoms with Crippen molar-refractivity contribution in [3.8, 4) is 28.0 Å². The lowest BCUT2D eigenvalue weighted by atomic mass is 10.0. The summed E-state index contributed by atoms with van der Waals surface area (Å²) in [6, 6.07) is 5.34. The van der Waals surface area contributed by atoms with Crippen molar-refractivity contribution in [1.82, 2.24) is 24.6 Å². The van der Waals surface area contributed by atoms with Crippen molar-refractivity contribution in [2.75, 3.05) is 26.5 Å². The van der Waals surface area contributed by atoms with E-state index in [9.17, 15) is 13.2 Å². The molecule has 0 radical (unpaired) electrons. The highest BCUT2D eigenvalue weighted by atomic mass is 32.2. The number of ether oxygens (including phenoxy) is 2. The van der Waals surface area contributed by atoms with Crippen LogP contribution in [0.15, 0.2) is 23.6 Å². The Labute approximate surface area is 208 Å². The van der Waals surface area contributed by atoms with Crippen molar-refractivity contribution in [2.45, 2.75) is 44.9 Å². The van der Waals surface area contributed by atoms with Gasteiger partial charge in [-0.2, -0.15) is 0 Å². The highest BCUT2D eigenvalue weighted by Crippen LogP contribution is 2.37. The zero-order valence-electron chi connectivity index (χ0n) is 20.2. The lowest BCUT2D eigenvalue weighted by Gasteiger charge is -2.33. The second kappa shape index (κ2) is 10.3. The number of benzene rings is 1. The summed E-state index contributed by atoms with van der Waals surface area (Å²) < 4.78 is 39.2. The van der Waals surface area contributed by atoms with Gasteiger partial charge in [-0.15, -0.1) is 21.5 Å². The van der Waals surface area contributed by atoms with Crippen LogP contribution in [-0.4, -0.2) is 71.5 Å². The van der Waals surface area contributed by atoms with Crippen LogP contribution >= 0.6 is 11.3 Å². The first-order valence-electron chi connectivity index (χ1n) is 11.3. The van der Waals surface area contributed by atoms with E-state index in [4.69, 9.17) is 9.47 Å². The molecule has 0 spiro atoms. The number of aromatic nitrogens is 4. The summed E-state index contributed by atoms with van der Waals surface area (Å²) in [7, 11) is -0.568. The molecule has 0 bridgehead atoms. The number of thiazole rings is 1. The SMILES string of the molecule is COc1cccc(OC)c1-n1c(CS(=O)(=O)CCN2C(=O)CCC[C@@H]2C)nnc1-c1nc(C)cs1. The first-order valence-corrected chi connectivity index (χ1v) is 14.0. The van der Waals surface area contributed by atoms with Crippen LogP contribution in [0, 0.1) is 6.92 Å². The molecule has 188 valence electrons. The van der Waals surface area contributed by atoms with Gasteiger partial charge in [-0.3, -0.25) is 9.36 Å². The number of para-hydroxylation sites is 1. The maximum absolute atomic E-state index is 13.2. The van der Waals surface area contributed by atoms with Crippen LogP contribution in [0.4, 0.5) is 0 Å². The number of piperidine rings is 1. The molecule has 1 fully saturated rings. The van der Waals surface area contributed by atoms with Gasteiger partial charge in [0.05, 0.1) is 20.0 Å². The second-order valence-corrected chi connectivity index (χ2v) is 11.5. The molecule has 0 aliphatic carbocycles. The summed E-state index contributed by atoms with van der Waals surface area (Å²) in [5.74, 6) is 1.05. The zero-order valence-corrected chi connectivity index (χ0v) is 21.9. The Morgan fingerprint density at radius 3 is 2.49 bits per heavy atom. The molecule has 0 unspecified atom stereocenters. The second-order valence-electron chi connectivity index (χ2n) is 8.50. The third-order valence-corrected chi connectivity index (χ3v) is 8.48. The number of carbonyl (C=O) groups is 1. The molecule has 1 saturated heterocycles. The first kappa shape index (κ1) is 25.1. The van der Waals surface area contributed by atoms with Crippen molar-refractivity contribution in [1.29, 1.82) is 0 Å². The minimum atomic E-state index is -3.63. The van der Waals surface area contributed by atoms with Crippen molar-refractivity contribution in [3.63, 3.8) is 0 Å². The lowest BCUT2D eigenvalue weighted by Crippen LogP contribution is -2.44. The highest BCUT2D eigenvalue weighted by Gasteiger charge is 2.29. The molecule has 1 amide bonds. The van der Waals surface area contributed by atoms with Crippen molar-refractivity contribution in [2.24, 2.45) is 0 Å². The Bertz CT molecular complexity index is 1300. The molecular weight excluding hydrogens is 490 g/mol. The van der Waals surface area contributed by atoms with Crippen LogP contribution in [0.1, 0.15) is 37.7 Å². The number of methoxy groups -OCH3 is 2. The fraction of sp³-hybridized carbons (Fsp3) is 0.478. The van der Waals surface area contributed by atoms with Gasteiger partial charge >= 0.3 is 0 Å². The Balaban J connectivity index is 1.72. The molecule has 4 rings (SSSR count). The Morgan fingerprint density at radius 1 is 1.17 bits per heavy atom. The fourth-order valence-electron chi connectivity index (χ4n) is 4.24. The summed E-state index contributed by atoms with van der Waals surface area (Å²) in [6.45, 7) is 3.99. The minimum absolute atomic E-state index is 0.00213. The predicted molar refractivity (Wildman–Crippen MR) is 133 cm³/mol. The van der Waals surface area contributed by atoms with Crippen LogP contribution in [0.3, 0.4) is 0 Å².